The molecule has 0 aliphatic carbocycles. The Morgan fingerprint density at radius 2 is 1.22 bits per heavy atom. The maximum atomic E-state index is 12.5. The molecule has 4 aromatic rings. The van der Waals surface area contributed by atoms with Crippen LogP contribution in [0.4, 0.5) is 11.4 Å². The van der Waals surface area contributed by atoms with Gasteiger partial charge in [-0.3, -0.25) is 4.79 Å². The Bertz CT molecular complexity index is 1200. The van der Waals surface area contributed by atoms with Gasteiger partial charge < -0.3 is 24.8 Å². The van der Waals surface area contributed by atoms with Crippen LogP contribution in [-0.2, 0) is 11.2 Å². The van der Waals surface area contributed by atoms with Crippen LogP contribution in [0.5, 0.6) is 17.2 Å². The van der Waals surface area contributed by atoms with Crippen molar-refractivity contribution >= 4 is 17.3 Å². The third-order valence-corrected chi connectivity index (χ3v) is 5.32. The largest absolute Gasteiger partial charge is 0.493 e. The number of rotatable bonds is 13. The first kappa shape index (κ1) is 24.7. The van der Waals surface area contributed by atoms with E-state index in [1.165, 1.54) is 5.56 Å². The lowest BCUT2D eigenvalue weighted by Gasteiger charge is -2.14. The Morgan fingerprint density at radius 1 is 0.611 bits per heavy atom. The van der Waals surface area contributed by atoms with Crippen molar-refractivity contribution in [3.05, 3.63) is 115 Å². The molecule has 4 rings (SSSR count). The summed E-state index contributed by atoms with van der Waals surface area (Å²) in [5.41, 5.74) is 2.70. The number of benzene rings is 4. The van der Waals surface area contributed by atoms with Gasteiger partial charge in [0.05, 0.1) is 18.8 Å². The van der Waals surface area contributed by atoms with Crippen molar-refractivity contribution in [2.75, 3.05) is 37.0 Å². The highest BCUT2D eigenvalue weighted by Crippen LogP contribution is 2.24. The topological polar surface area (TPSA) is 68.8 Å². The van der Waals surface area contributed by atoms with E-state index in [2.05, 4.69) is 22.8 Å². The van der Waals surface area contributed by atoms with Crippen LogP contribution in [0.2, 0.25) is 0 Å². The SMILES string of the molecule is O=C(CNc1ccc(OCCc2ccccc2)cc1)Nc1ccccc1OCCOc1ccccc1. The van der Waals surface area contributed by atoms with E-state index in [9.17, 15) is 4.79 Å². The number of para-hydroxylation sites is 3. The zero-order valence-electron chi connectivity index (χ0n) is 20.1. The van der Waals surface area contributed by atoms with Gasteiger partial charge in [-0.15, -0.1) is 0 Å². The molecule has 6 heteroatoms. The lowest BCUT2D eigenvalue weighted by Crippen LogP contribution is -2.22. The van der Waals surface area contributed by atoms with Crippen LogP contribution in [0.15, 0.2) is 109 Å². The maximum absolute atomic E-state index is 12.5. The van der Waals surface area contributed by atoms with Crippen molar-refractivity contribution in [3.8, 4) is 17.2 Å². The Balaban J connectivity index is 1.18. The first-order chi connectivity index (χ1) is 17.8. The van der Waals surface area contributed by atoms with Crippen LogP contribution in [0, 0.1) is 0 Å². The number of ether oxygens (including phenoxy) is 3. The van der Waals surface area contributed by atoms with E-state index in [0.29, 0.717) is 31.3 Å². The molecule has 1 amide bonds. The summed E-state index contributed by atoms with van der Waals surface area (Å²) in [5, 5.41) is 6.04. The zero-order chi connectivity index (χ0) is 24.8. The molecule has 0 aromatic heterocycles. The fraction of sp³-hybridized carbons (Fsp3) is 0.167. The number of hydrogen-bond donors (Lipinski definition) is 2. The third kappa shape index (κ3) is 8.09. The summed E-state index contributed by atoms with van der Waals surface area (Å²) in [7, 11) is 0. The third-order valence-electron chi connectivity index (χ3n) is 5.32. The normalized spacial score (nSPS) is 10.3. The van der Waals surface area contributed by atoms with Gasteiger partial charge in [-0.2, -0.15) is 0 Å². The first-order valence-corrected chi connectivity index (χ1v) is 12.0. The standard InChI is InChI=1S/C30H30N2O4/c33-30(23-31-25-15-17-27(18-16-25)34-20-19-24-9-3-1-4-10-24)32-28-13-7-8-14-29(28)36-22-21-35-26-11-5-2-6-12-26/h1-18,31H,19-23H2,(H,32,33). The highest BCUT2D eigenvalue weighted by Gasteiger charge is 2.08. The molecule has 2 N–H and O–H groups in total. The summed E-state index contributed by atoms with van der Waals surface area (Å²) in [6, 6.07) is 34.8. The lowest BCUT2D eigenvalue weighted by molar-refractivity contribution is -0.114. The Kier molecular flexibility index (Phi) is 9.21. The zero-order valence-corrected chi connectivity index (χ0v) is 20.1. The molecule has 0 spiro atoms. The number of anilines is 2. The van der Waals surface area contributed by atoms with Gasteiger partial charge in [-0.1, -0.05) is 60.7 Å². The molecule has 0 aliphatic heterocycles. The summed E-state index contributed by atoms with van der Waals surface area (Å²) < 4.78 is 17.3. The average molecular weight is 483 g/mol. The van der Waals surface area contributed by atoms with Gasteiger partial charge in [0.15, 0.2) is 0 Å². The van der Waals surface area contributed by atoms with Crippen LogP contribution < -0.4 is 24.8 Å². The highest BCUT2D eigenvalue weighted by molar-refractivity contribution is 5.95. The number of amides is 1. The van der Waals surface area contributed by atoms with E-state index < -0.39 is 0 Å². The monoisotopic (exact) mass is 482 g/mol. The first-order valence-electron chi connectivity index (χ1n) is 12.0. The number of hydrogen-bond acceptors (Lipinski definition) is 5. The van der Waals surface area contributed by atoms with Gasteiger partial charge in [0.2, 0.25) is 5.91 Å². The van der Waals surface area contributed by atoms with E-state index in [1.54, 1.807) is 0 Å². The van der Waals surface area contributed by atoms with E-state index >= 15 is 0 Å². The highest BCUT2D eigenvalue weighted by atomic mass is 16.5. The van der Waals surface area contributed by atoms with Gasteiger partial charge in [-0.25, -0.2) is 0 Å². The number of carbonyl (C=O) groups is 1. The molecule has 0 aliphatic rings. The summed E-state index contributed by atoms with van der Waals surface area (Å²) in [6.45, 7) is 1.50. The van der Waals surface area contributed by atoms with E-state index in [0.717, 1.165) is 23.6 Å². The molecule has 0 fully saturated rings. The lowest BCUT2D eigenvalue weighted by atomic mass is 10.2. The molecule has 0 saturated heterocycles. The molecule has 0 unspecified atom stereocenters. The molecule has 4 aromatic carbocycles. The second-order valence-electron chi connectivity index (χ2n) is 8.02. The van der Waals surface area contributed by atoms with Gasteiger partial charge >= 0.3 is 0 Å². The minimum Gasteiger partial charge on any atom is -0.493 e. The second-order valence-corrected chi connectivity index (χ2v) is 8.02. The molecule has 6 nitrogen and oxygen atoms in total. The Hall–Kier alpha value is -4.45. The van der Waals surface area contributed by atoms with Crippen molar-refractivity contribution in [1.29, 1.82) is 0 Å². The predicted molar refractivity (Wildman–Crippen MR) is 143 cm³/mol. The van der Waals surface area contributed by atoms with E-state index in [-0.39, 0.29) is 12.5 Å². The average Bonchev–Trinajstić information content (AvgIpc) is 2.93. The van der Waals surface area contributed by atoms with Crippen molar-refractivity contribution < 1.29 is 19.0 Å². The smallest absolute Gasteiger partial charge is 0.243 e. The van der Waals surface area contributed by atoms with E-state index in [1.807, 2.05) is 97.1 Å². The van der Waals surface area contributed by atoms with Crippen molar-refractivity contribution in [1.82, 2.24) is 0 Å². The second kappa shape index (κ2) is 13.4. The Morgan fingerprint density at radius 3 is 2.00 bits per heavy atom. The number of carbonyl (C=O) groups excluding carboxylic acids is 1. The molecule has 184 valence electrons. The summed E-state index contributed by atoms with van der Waals surface area (Å²) in [5.74, 6) is 2.01. The van der Waals surface area contributed by atoms with Gasteiger partial charge in [0.25, 0.3) is 0 Å². The summed E-state index contributed by atoms with van der Waals surface area (Å²) in [4.78, 5) is 12.5. The molecular formula is C30H30N2O4. The van der Waals surface area contributed by atoms with Gasteiger partial charge in [0.1, 0.15) is 30.5 Å². The summed E-state index contributed by atoms with van der Waals surface area (Å²) in [6.07, 6.45) is 0.853. The van der Waals surface area contributed by atoms with E-state index in [4.69, 9.17) is 14.2 Å². The minimum atomic E-state index is -0.172. The van der Waals surface area contributed by atoms with Crippen LogP contribution >= 0.6 is 0 Å². The van der Waals surface area contributed by atoms with Crippen LogP contribution in [0.25, 0.3) is 0 Å². The number of nitrogens with one attached hydrogen (secondary N) is 2. The Labute approximate surface area is 211 Å². The quantitative estimate of drug-likeness (QED) is 0.235. The minimum absolute atomic E-state index is 0.125. The van der Waals surface area contributed by atoms with Crippen LogP contribution in [0.3, 0.4) is 0 Å². The van der Waals surface area contributed by atoms with Gasteiger partial charge in [0, 0.05) is 12.1 Å². The molecule has 0 atom stereocenters. The van der Waals surface area contributed by atoms with Crippen molar-refractivity contribution in [3.63, 3.8) is 0 Å². The van der Waals surface area contributed by atoms with Crippen LogP contribution in [-0.4, -0.2) is 32.3 Å². The molecule has 0 bridgehead atoms. The molecule has 0 saturated carbocycles. The van der Waals surface area contributed by atoms with Gasteiger partial charge in [-0.05, 0) is 54.1 Å². The molecule has 0 heterocycles. The van der Waals surface area contributed by atoms with Crippen molar-refractivity contribution in [2.24, 2.45) is 0 Å². The molecular weight excluding hydrogens is 452 g/mol. The van der Waals surface area contributed by atoms with Crippen molar-refractivity contribution in [2.45, 2.75) is 6.42 Å². The molecule has 36 heavy (non-hydrogen) atoms. The summed E-state index contributed by atoms with van der Waals surface area (Å²) >= 11 is 0. The fourth-order valence-electron chi connectivity index (χ4n) is 3.50. The molecule has 0 radical (unpaired) electrons. The fourth-order valence-corrected chi connectivity index (χ4v) is 3.50. The predicted octanol–water partition coefficient (Wildman–Crippen LogP) is 5.82. The maximum Gasteiger partial charge on any atom is 0.243 e. The van der Waals surface area contributed by atoms with Crippen LogP contribution in [0.1, 0.15) is 5.56 Å².